The van der Waals surface area contributed by atoms with Gasteiger partial charge in [-0.2, -0.15) is 4.98 Å². The third-order valence-electron chi connectivity index (χ3n) is 4.43. The van der Waals surface area contributed by atoms with E-state index >= 15 is 0 Å². The summed E-state index contributed by atoms with van der Waals surface area (Å²) in [6, 6.07) is 16.5. The lowest BCUT2D eigenvalue weighted by molar-refractivity contribution is 0.706. The van der Waals surface area contributed by atoms with Crippen molar-refractivity contribution in [1.29, 1.82) is 0 Å². The molecule has 25 heavy (non-hydrogen) atoms. The summed E-state index contributed by atoms with van der Waals surface area (Å²) in [5, 5.41) is 3.36. The summed E-state index contributed by atoms with van der Waals surface area (Å²) in [6.07, 6.45) is 2.84. The zero-order chi connectivity index (χ0) is 17.1. The second kappa shape index (κ2) is 6.89. The fourth-order valence-corrected chi connectivity index (χ4v) is 3.14. The Kier molecular flexibility index (Phi) is 4.29. The number of hydrogen-bond donors (Lipinski definition) is 1. The zero-order valence-corrected chi connectivity index (χ0v) is 14.3. The molecule has 0 radical (unpaired) electrons. The maximum atomic E-state index is 4.72. The van der Waals surface area contributed by atoms with E-state index in [1.54, 1.807) is 6.20 Å². The monoisotopic (exact) mass is 331 g/mol. The van der Waals surface area contributed by atoms with Crippen molar-refractivity contribution in [2.75, 3.05) is 16.8 Å². The van der Waals surface area contributed by atoms with Crippen LogP contribution in [-0.2, 0) is 19.5 Å². The molecule has 3 heterocycles. The van der Waals surface area contributed by atoms with Crippen LogP contribution in [0.5, 0.6) is 0 Å². The van der Waals surface area contributed by atoms with Crippen molar-refractivity contribution in [2.45, 2.75) is 26.4 Å². The van der Waals surface area contributed by atoms with Gasteiger partial charge in [-0.1, -0.05) is 30.3 Å². The molecular weight excluding hydrogens is 310 g/mol. The molecule has 1 N–H and O–H groups in total. The van der Waals surface area contributed by atoms with Crippen molar-refractivity contribution in [3.8, 4) is 0 Å². The Morgan fingerprint density at radius 2 is 1.88 bits per heavy atom. The van der Waals surface area contributed by atoms with Crippen LogP contribution in [0.4, 0.5) is 11.8 Å². The molecule has 1 aromatic carbocycles. The number of hydrogen-bond acceptors (Lipinski definition) is 5. The van der Waals surface area contributed by atoms with E-state index in [4.69, 9.17) is 4.98 Å². The van der Waals surface area contributed by atoms with Crippen LogP contribution >= 0.6 is 0 Å². The largest absolute Gasteiger partial charge is 0.364 e. The number of fused-ring (bicyclic) bond motifs is 1. The van der Waals surface area contributed by atoms with Crippen LogP contribution in [0.25, 0.3) is 0 Å². The van der Waals surface area contributed by atoms with Crippen molar-refractivity contribution in [3.63, 3.8) is 0 Å². The van der Waals surface area contributed by atoms with Crippen molar-refractivity contribution in [3.05, 3.63) is 77.2 Å². The second-order valence-electron chi connectivity index (χ2n) is 6.31. The highest BCUT2D eigenvalue weighted by atomic mass is 15.3. The van der Waals surface area contributed by atoms with Crippen LogP contribution in [-0.4, -0.2) is 21.5 Å². The maximum Gasteiger partial charge on any atom is 0.227 e. The molecule has 0 amide bonds. The molecule has 0 unspecified atom stereocenters. The Balaban J connectivity index is 1.52. The predicted molar refractivity (Wildman–Crippen MR) is 99.5 cm³/mol. The van der Waals surface area contributed by atoms with Crippen molar-refractivity contribution in [2.24, 2.45) is 0 Å². The summed E-state index contributed by atoms with van der Waals surface area (Å²) in [5.41, 5.74) is 4.75. The normalized spacial score (nSPS) is 13.4. The summed E-state index contributed by atoms with van der Waals surface area (Å²) in [7, 11) is 0. The van der Waals surface area contributed by atoms with Gasteiger partial charge in [0.05, 0.1) is 12.2 Å². The van der Waals surface area contributed by atoms with Crippen LogP contribution in [0.3, 0.4) is 0 Å². The summed E-state index contributed by atoms with van der Waals surface area (Å²) < 4.78 is 0. The highest BCUT2D eigenvalue weighted by Crippen LogP contribution is 2.23. The highest BCUT2D eigenvalue weighted by Gasteiger charge is 2.18. The molecule has 0 fully saturated rings. The van der Waals surface area contributed by atoms with Gasteiger partial charge in [0.15, 0.2) is 0 Å². The van der Waals surface area contributed by atoms with Gasteiger partial charge in [-0.05, 0) is 36.6 Å². The van der Waals surface area contributed by atoms with Crippen molar-refractivity contribution in [1.82, 2.24) is 15.0 Å². The van der Waals surface area contributed by atoms with Crippen LogP contribution < -0.4 is 10.2 Å². The SMILES string of the molecule is Cc1cc(NCc2ccccn2)nc(N2CCc3ccccc3C2)n1. The number of nitrogens with one attached hydrogen (secondary N) is 1. The van der Waals surface area contributed by atoms with Gasteiger partial charge in [0.1, 0.15) is 5.82 Å². The number of aromatic nitrogens is 3. The molecule has 4 rings (SSSR count). The summed E-state index contributed by atoms with van der Waals surface area (Å²) in [6.45, 7) is 4.47. The van der Waals surface area contributed by atoms with E-state index in [-0.39, 0.29) is 0 Å². The minimum absolute atomic E-state index is 0.652. The maximum absolute atomic E-state index is 4.72. The first-order valence-electron chi connectivity index (χ1n) is 8.59. The van der Waals surface area contributed by atoms with E-state index in [0.29, 0.717) is 6.54 Å². The number of benzene rings is 1. The van der Waals surface area contributed by atoms with E-state index in [2.05, 4.69) is 44.5 Å². The van der Waals surface area contributed by atoms with Crippen molar-refractivity contribution >= 4 is 11.8 Å². The lowest BCUT2D eigenvalue weighted by Gasteiger charge is -2.29. The Labute approximate surface area is 147 Å². The van der Waals surface area contributed by atoms with Crippen molar-refractivity contribution < 1.29 is 0 Å². The highest BCUT2D eigenvalue weighted by molar-refractivity contribution is 5.46. The van der Waals surface area contributed by atoms with Gasteiger partial charge in [0.25, 0.3) is 0 Å². The molecule has 0 aliphatic carbocycles. The molecule has 126 valence electrons. The van der Waals surface area contributed by atoms with Crippen LogP contribution in [0.15, 0.2) is 54.7 Å². The third kappa shape index (κ3) is 3.60. The first-order valence-corrected chi connectivity index (χ1v) is 8.59. The van der Waals surface area contributed by atoms with Gasteiger partial charge in [-0.3, -0.25) is 4.98 Å². The summed E-state index contributed by atoms with van der Waals surface area (Å²) in [4.78, 5) is 16.0. The third-order valence-corrected chi connectivity index (χ3v) is 4.43. The Hall–Kier alpha value is -2.95. The summed E-state index contributed by atoms with van der Waals surface area (Å²) in [5.74, 6) is 1.63. The molecule has 5 heteroatoms. The molecule has 0 atom stereocenters. The average molecular weight is 331 g/mol. The quantitative estimate of drug-likeness (QED) is 0.794. The smallest absolute Gasteiger partial charge is 0.227 e. The average Bonchev–Trinajstić information content (AvgIpc) is 2.66. The Bertz CT molecular complexity index is 863. The molecule has 2 aromatic heterocycles. The molecule has 0 saturated carbocycles. The van der Waals surface area contributed by atoms with Gasteiger partial charge >= 0.3 is 0 Å². The standard InChI is InChI=1S/C20H21N5/c1-15-12-19(22-13-18-8-4-5-10-21-18)24-20(23-15)25-11-9-16-6-2-3-7-17(16)14-25/h2-8,10,12H,9,11,13-14H2,1H3,(H,22,23,24). The fourth-order valence-electron chi connectivity index (χ4n) is 3.14. The second-order valence-corrected chi connectivity index (χ2v) is 6.31. The topological polar surface area (TPSA) is 53.9 Å². The van der Waals surface area contributed by atoms with Crippen LogP contribution in [0.1, 0.15) is 22.5 Å². The van der Waals surface area contributed by atoms with E-state index in [1.807, 2.05) is 31.2 Å². The van der Waals surface area contributed by atoms with Gasteiger partial charge in [0, 0.05) is 31.0 Å². The molecule has 0 saturated heterocycles. The van der Waals surface area contributed by atoms with E-state index in [1.165, 1.54) is 11.1 Å². The number of nitrogens with zero attached hydrogens (tertiary/aromatic N) is 4. The molecule has 0 spiro atoms. The number of anilines is 2. The number of pyridine rings is 1. The van der Waals surface area contributed by atoms with E-state index in [9.17, 15) is 0 Å². The minimum atomic E-state index is 0.652. The Morgan fingerprint density at radius 3 is 2.72 bits per heavy atom. The van der Waals surface area contributed by atoms with Gasteiger partial charge < -0.3 is 10.2 Å². The lowest BCUT2D eigenvalue weighted by atomic mass is 10.0. The fraction of sp³-hybridized carbons (Fsp3) is 0.250. The van der Waals surface area contributed by atoms with E-state index < -0.39 is 0 Å². The summed E-state index contributed by atoms with van der Waals surface area (Å²) >= 11 is 0. The van der Waals surface area contributed by atoms with Gasteiger partial charge in [-0.25, -0.2) is 4.98 Å². The lowest BCUT2D eigenvalue weighted by Crippen LogP contribution is -2.32. The molecule has 3 aromatic rings. The first kappa shape index (κ1) is 15.6. The number of rotatable bonds is 4. The van der Waals surface area contributed by atoms with Crippen LogP contribution in [0.2, 0.25) is 0 Å². The predicted octanol–water partition coefficient (Wildman–Crippen LogP) is 3.35. The zero-order valence-electron chi connectivity index (χ0n) is 14.3. The van der Waals surface area contributed by atoms with Crippen LogP contribution in [0, 0.1) is 6.92 Å². The molecule has 5 nitrogen and oxygen atoms in total. The van der Waals surface area contributed by atoms with Gasteiger partial charge in [0.2, 0.25) is 5.95 Å². The first-order chi connectivity index (χ1) is 12.3. The Morgan fingerprint density at radius 1 is 1.04 bits per heavy atom. The number of aryl methyl sites for hydroxylation is 1. The van der Waals surface area contributed by atoms with Gasteiger partial charge in [-0.15, -0.1) is 0 Å². The molecule has 1 aliphatic rings. The van der Waals surface area contributed by atoms with E-state index in [0.717, 1.165) is 42.7 Å². The molecule has 0 bridgehead atoms. The molecule has 1 aliphatic heterocycles. The molecular formula is C20H21N5. The minimum Gasteiger partial charge on any atom is -0.364 e.